The number of aromatic nitrogens is 2. The standard InChI is InChI=1S/C21H24N2O5/c1-22-17(12-19(25)23(2)21(22)27)13-28-20(26)10-9-18(24)16-8-7-14-5-3-4-6-15(14)11-16/h7-8,11-12H,3-6,9-10,13H2,1-2H3. The van der Waals surface area contributed by atoms with E-state index in [0.29, 0.717) is 11.3 Å². The van der Waals surface area contributed by atoms with Crippen LogP contribution in [0.1, 0.15) is 52.9 Å². The van der Waals surface area contributed by atoms with Crippen LogP contribution in [0.15, 0.2) is 33.9 Å². The van der Waals surface area contributed by atoms with Gasteiger partial charge in [0.1, 0.15) is 6.61 Å². The normalized spacial score (nSPS) is 13.1. The minimum absolute atomic E-state index is 0.0469. The summed E-state index contributed by atoms with van der Waals surface area (Å²) in [6, 6.07) is 7.04. The molecule has 1 aliphatic carbocycles. The maximum Gasteiger partial charge on any atom is 0.330 e. The van der Waals surface area contributed by atoms with Crippen LogP contribution >= 0.6 is 0 Å². The van der Waals surface area contributed by atoms with Gasteiger partial charge in [0, 0.05) is 32.1 Å². The molecule has 2 aromatic rings. The minimum Gasteiger partial charge on any atom is -0.459 e. The Labute approximate surface area is 162 Å². The molecule has 0 N–H and O–H groups in total. The van der Waals surface area contributed by atoms with Crippen molar-refractivity contribution in [1.29, 1.82) is 0 Å². The zero-order chi connectivity index (χ0) is 20.3. The molecule has 7 nitrogen and oxygen atoms in total. The molecule has 0 radical (unpaired) electrons. The summed E-state index contributed by atoms with van der Waals surface area (Å²) in [4.78, 5) is 47.9. The van der Waals surface area contributed by atoms with E-state index >= 15 is 0 Å². The zero-order valence-corrected chi connectivity index (χ0v) is 16.2. The maximum atomic E-state index is 12.4. The van der Waals surface area contributed by atoms with Gasteiger partial charge in [-0.15, -0.1) is 0 Å². The van der Waals surface area contributed by atoms with Crippen molar-refractivity contribution in [3.8, 4) is 0 Å². The fourth-order valence-corrected chi connectivity index (χ4v) is 3.41. The highest BCUT2D eigenvalue weighted by atomic mass is 16.5. The van der Waals surface area contributed by atoms with E-state index < -0.39 is 17.2 Å². The van der Waals surface area contributed by atoms with E-state index in [1.54, 1.807) is 0 Å². The molecule has 0 atom stereocenters. The van der Waals surface area contributed by atoms with Crippen LogP contribution in [0.2, 0.25) is 0 Å². The van der Waals surface area contributed by atoms with Gasteiger partial charge in [-0.2, -0.15) is 0 Å². The van der Waals surface area contributed by atoms with Crippen molar-refractivity contribution in [3.05, 3.63) is 67.5 Å². The summed E-state index contributed by atoms with van der Waals surface area (Å²) in [7, 11) is 2.89. The third kappa shape index (κ3) is 4.30. The molecule has 0 saturated carbocycles. The van der Waals surface area contributed by atoms with E-state index in [1.165, 1.54) is 42.3 Å². The number of benzene rings is 1. The molecule has 0 unspecified atom stereocenters. The average Bonchev–Trinajstić information content (AvgIpc) is 2.71. The summed E-state index contributed by atoms with van der Waals surface area (Å²) in [6.07, 6.45) is 4.39. The van der Waals surface area contributed by atoms with Crippen LogP contribution in [-0.2, 0) is 43.1 Å². The van der Waals surface area contributed by atoms with Gasteiger partial charge in [0.15, 0.2) is 5.78 Å². The molecule has 0 spiro atoms. The number of carbonyl (C=O) groups excluding carboxylic acids is 2. The van der Waals surface area contributed by atoms with Crippen molar-refractivity contribution < 1.29 is 14.3 Å². The Balaban J connectivity index is 1.55. The number of hydrogen-bond acceptors (Lipinski definition) is 5. The Morgan fingerprint density at radius 2 is 1.68 bits per heavy atom. The summed E-state index contributed by atoms with van der Waals surface area (Å²) in [6.45, 7) is -0.187. The number of rotatable bonds is 6. The Kier molecular flexibility index (Phi) is 5.92. The lowest BCUT2D eigenvalue weighted by Gasteiger charge is -2.16. The highest BCUT2D eigenvalue weighted by Gasteiger charge is 2.15. The van der Waals surface area contributed by atoms with Crippen LogP contribution in [0.25, 0.3) is 0 Å². The molecule has 28 heavy (non-hydrogen) atoms. The molecule has 3 rings (SSSR count). The molecule has 7 heteroatoms. The largest absolute Gasteiger partial charge is 0.459 e. The van der Waals surface area contributed by atoms with Crippen molar-refractivity contribution in [3.63, 3.8) is 0 Å². The molecule has 148 valence electrons. The highest BCUT2D eigenvalue weighted by molar-refractivity contribution is 5.97. The number of carbonyl (C=O) groups is 2. The lowest BCUT2D eigenvalue weighted by Crippen LogP contribution is -2.38. The molecular weight excluding hydrogens is 360 g/mol. The zero-order valence-electron chi connectivity index (χ0n) is 16.2. The predicted octanol–water partition coefficient (Wildman–Crippen LogP) is 1.67. The van der Waals surface area contributed by atoms with Gasteiger partial charge in [-0.1, -0.05) is 12.1 Å². The second-order valence-electron chi connectivity index (χ2n) is 7.15. The molecule has 1 aromatic heterocycles. The topological polar surface area (TPSA) is 87.4 Å². The van der Waals surface area contributed by atoms with Crippen LogP contribution in [0.5, 0.6) is 0 Å². The van der Waals surface area contributed by atoms with E-state index in [4.69, 9.17) is 4.74 Å². The van der Waals surface area contributed by atoms with Crippen molar-refractivity contribution in [2.24, 2.45) is 14.1 Å². The molecule has 1 heterocycles. The lowest BCUT2D eigenvalue weighted by molar-refractivity contribution is -0.145. The van der Waals surface area contributed by atoms with Gasteiger partial charge in [-0.05, 0) is 42.9 Å². The Morgan fingerprint density at radius 1 is 0.964 bits per heavy atom. The van der Waals surface area contributed by atoms with Gasteiger partial charge in [-0.3, -0.25) is 23.5 Å². The van der Waals surface area contributed by atoms with E-state index in [9.17, 15) is 19.2 Å². The van der Waals surface area contributed by atoms with Crippen LogP contribution in [0, 0.1) is 0 Å². The van der Waals surface area contributed by atoms with Crippen LogP contribution in [-0.4, -0.2) is 20.9 Å². The summed E-state index contributed by atoms with van der Waals surface area (Å²) in [5.74, 6) is -0.634. The molecule has 1 aromatic carbocycles. The summed E-state index contributed by atoms with van der Waals surface area (Å²) in [5.41, 5.74) is 2.52. The number of aryl methyl sites for hydroxylation is 2. The number of fused-ring (bicyclic) bond motifs is 1. The first-order valence-electron chi connectivity index (χ1n) is 9.43. The first-order valence-corrected chi connectivity index (χ1v) is 9.43. The summed E-state index contributed by atoms with van der Waals surface area (Å²) < 4.78 is 7.37. The van der Waals surface area contributed by atoms with Gasteiger partial charge in [0.25, 0.3) is 5.56 Å². The van der Waals surface area contributed by atoms with Crippen LogP contribution in [0.3, 0.4) is 0 Å². The van der Waals surface area contributed by atoms with E-state index in [2.05, 4.69) is 0 Å². The van der Waals surface area contributed by atoms with Crippen LogP contribution < -0.4 is 11.2 Å². The number of ether oxygens (including phenoxy) is 1. The van der Waals surface area contributed by atoms with Gasteiger partial charge in [0.05, 0.1) is 12.1 Å². The molecule has 0 aliphatic heterocycles. The monoisotopic (exact) mass is 384 g/mol. The third-order valence-electron chi connectivity index (χ3n) is 5.23. The minimum atomic E-state index is -0.542. The van der Waals surface area contributed by atoms with Crippen molar-refractivity contribution >= 4 is 11.8 Å². The molecular formula is C21H24N2O5. The molecule has 0 amide bonds. The Hall–Kier alpha value is -2.96. The summed E-state index contributed by atoms with van der Waals surface area (Å²) in [5, 5.41) is 0. The first kappa shape index (κ1) is 19.8. The van der Waals surface area contributed by atoms with Gasteiger partial charge in [-0.25, -0.2) is 4.79 Å². The van der Waals surface area contributed by atoms with E-state index in [0.717, 1.165) is 23.8 Å². The van der Waals surface area contributed by atoms with E-state index in [-0.39, 0.29) is 25.2 Å². The van der Waals surface area contributed by atoms with Gasteiger partial charge < -0.3 is 4.74 Å². The predicted molar refractivity (Wildman–Crippen MR) is 103 cm³/mol. The lowest BCUT2D eigenvalue weighted by atomic mass is 9.89. The fraction of sp³-hybridized carbons (Fsp3) is 0.429. The quantitative estimate of drug-likeness (QED) is 0.558. The third-order valence-corrected chi connectivity index (χ3v) is 5.23. The molecule has 0 fully saturated rings. The Morgan fingerprint density at radius 3 is 2.43 bits per heavy atom. The average molecular weight is 384 g/mol. The highest BCUT2D eigenvalue weighted by Crippen LogP contribution is 2.23. The van der Waals surface area contributed by atoms with Crippen molar-refractivity contribution in [2.75, 3.05) is 0 Å². The maximum absolute atomic E-state index is 12.4. The number of Topliss-reactive ketones (excluding diaryl/α,β-unsaturated/α-hetero) is 1. The number of hydrogen-bond donors (Lipinski definition) is 0. The second-order valence-corrected chi connectivity index (χ2v) is 7.15. The first-order chi connectivity index (χ1) is 13.4. The SMILES string of the molecule is Cn1c(COC(=O)CCC(=O)c2ccc3c(c2)CCCC3)cc(=O)n(C)c1=O. The molecule has 0 bridgehead atoms. The number of esters is 1. The van der Waals surface area contributed by atoms with Gasteiger partial charge >= 0.3 is 11.7 Å². The number of ketones is 1. The fourth-order valence-electron chi connectivity index (χ4n) is 3.41. The van der Waals surface area contributed by atoms with Crippen molar-refractivity contribution in [1.82, 2.24) is 9.13 Å². The van der Waals surface area contributed by atoms with Gasteiger partial charge in [0.2, 0.25) is 0 Å². The Bertz CT molecular complexity index is 1030. The summed E-state index contributed by atoms with van der Waals surface area (Å²) >= 11 is 0. The van der Waals surface area contributed by atoms with Crippen LogP contribution in [0.4, 0.5) is 0 Å². The van der Waals surface area contributed by atoms with E-state index in [1.807, 2.05) is 18.2 Å². The smallest absolute Gasteiger partial charge is 0.330 e. The molecule has 0 saturated heterocycles. The number of nitrogens with zero attached hydrogens (tertiary/aromatic N) is 2. The van der Waals surface area contributed by atoms with Crippen molar-refractivity contribution in [2.45, 2.75) is 45.1 Å². The molecule has 1 aliphatic rings. The second kappa shape index (κ2) is 8.37.